The average molecular weight is 487 g/mol. The summed E-state index contributed by atoms with van der Waals surface area (Å²) in [4.78, 5) is 17.7. The molecule has 1 aliphatic rings. The zero-order valence-corrected chi connectivity index (χ0v) is 17.6. The van der Waals surface area contributed by atoms with Crippen LogP contribution in [-0.4, -0.2) is 58.0 Å². The minimum Gasteiger partial charge on any atom is -0.396 e. The first-order valence-electron chi connectivity index (χ1n) is 10.0. The van der Waals surface area contributed by atoms with Crippen LogP contribution in [0.4, 0.5) is 42.5 Å². The van der Waals surface area contributed by atoms with Crippen LogP contribution in [0.15, 0.2) is 42.9 Å². The van der Waals surface area contributed by atoms with Crippen molar-refractivity contribution < 1.29 is 35.9 Å². The van der Waals surface area contributed by atoms with Crippen molar-refractivity contribution in [3.63, 3.8) is 0 Å². The molecular weight excluding hydrogens is 468 g/mol. The second kappa shape index (κ2) is 8.38. The molecule has 0 saturated carbocycles. The Morgan fingerprint density at radius 1 is 1.21 bits per heavy atom. The smallest absolute Gasteiger partial charge is 0.396 e. The molecule has 3 aromatic rings. The summed E-state index contributed by atoms with van der Waals surface area (Å²) in [7, 11) is 0. The van der Waals surface area contributed by atoms with Crippen molar-refractivity contribution in [1.82, 2.24) is 14.3 Å². The van der Waals surface area contributed by atoms with Gasteiger partial charge in [-0.05, 0) is 30.2 Å². The van der Waals surface area contributed by atoms with Gasteiger partial charge in [0.1, 0.15) is 0 Å². The van der Waals surface area contributed by atoms with E-state index in [9.17, 15) is 31.1 Å². The molecule has 2 amide bonds. The molecule has 1 saturated heterocycles. The number of imidazole rings is 1. The number of carbonyl (C=O) groups excluding carboxylic acids is 1. The van der Waals surface area contributed by atoms with E-state index in [4.69, 9.17) is 5.73 Å². The van der Waals surface area contributed by atoms with Crippen molar-refractivity contribution in [3.05, 3.63) is 48.4 Å². The maximum atomic E-state index is 12.6. The Labute approximate surface area is 189 Å². The maximum Gasteiger partial charge on any atom is 0.423 e. The fraction of sp³-hybridized carbons (Fsp3) is 0.333. The van der Waals surface area contributed by atoms with Crippen LogP contribution in [-0.2, 0) is 4.74 Å². The Morgan fingerprint density at radius 3 is 2.53 bits per heavy atom. The number of nitrogens with two attached hydrogens (primary N) is 1. The molecule has 0 spiro atoms. The first-order chi connectivity index (χ1) is 15.8. The lowest BCUT2D eigenvalue weighted by atomic mass is 10.00. The number of anilines is 2. The minimum absolute atomic E-state index is 0.402. The van der Waals surface area contributed by atoms with E-state index in [1.807, 2.05) is 12.3 Å². The Balaban J connectivity index is 1.44. The van der Waals surface area contributed by atoms with Gasteiger partial charge in [-0.2, -0.15) is 26.3 Å². The van der Waals surface area contributed by atoms with Crippen LogP contribution in [0.3, 0.4) is 0 Å². The van der Waals surface area contributed by atoms with Gasteiger partial charge in [-0.1, -0.05) is 12.1 Å². The fourth-order valence-corrected chi connectivity index (χ4v) is 3.71. The van der Waals surface area contributed by atoms with Crippen LogP contribution in [0, 0.1) is 6.92 Å². The van der Waals surface area contributed by atoms with E-state index < -0.39 is 43.7 Å². The summed E-state index contributed by atoms with van der Waals surface area (Å²) in [5, 5.41) is 2.64. The van der Waals surface area contributed by atoms with E-state index in [-0.39, 0.29) is 0 Å². The molecule has 0 atom stereocenters. The van der Waals surface area contributed by atoms with Crippen molar-refractivity contribution in [2.45, 2.75) is 31.5 Å². The molecule has 0 radical (unpaired) electrons. The Hall–Kier alpha value is -3.48. The van der Waals surface area contributed by atoms with Crippen LogP contribution < -0.4 is 11.1 Å². The van der Waals surface area contributed by atoms with Gasteiger partial charge in [0.05, 0.1) is 24.9 Å². The van der Waals surface area contributed by atoms with E-state index in [1.54, 1.807) is 41.9 Å². The molecule has 2 aromatic heterocycles. The van der Waals surface area contributed by atoms with Gasteiger partial charge < -0.3 is 25.1 Å². The van der Waals surface area contributed by atoms with Gasteiger partial charge in [0.15, 0.2) is 5.65 Å². The number of rotatable bonds is 4. The number of alkyl halides is 6. The third kappa shape index (κ3) is 4.60. The third-order valence-electron chi connectivity index (χ3n) is 5.46. The lowest BCUT2D eigenvalue weighted by Gasteiger charge is -2.41. The number of nitrogen functional groups attached to an aromatic ring is 1. The number of pyridine rings is 1. The molecule has 1 fully saturated rings. The number of ether oxygens (including phenoxy) is 1. The van der Waals surface area contributed by atoms with E-state index in [0.717, 1.165) is 16.0 Å². The van der Waals surface area contributed by atoms with E-state index >= 15 is 0 Å². The molecule has 3 heterocycles. The molecule has 0 bridgehead atoms. The van der Waals surface area contributed by atoms with E-state index in [0.29, 0.717) is 22.6 Å². The summed E-state index contributed by atoms with van der Waals surface area (Å²) in [5.41, 5.74) is 9.77. The Morgan fingerprint density at radius 2 is 1.88 bits per heavy atom. The molecule has 1 aromatic carbocycles. The molecule has 34 heavy (non-hydrogen) atoms. The number of nitrogens with zero attached hydrogens (tertiary/aromatic N) is 3. The van der Waals surface area contributed by atoms with Crippen molar-refractivity contribution in [3.8, 4) is 11.1 Å². The minimum atomic E-state index is -5.60. The molecule has 3 N–H and O–H groups in total. The Kier molecular flexibility index (Phi) is 5.84. The highest BCUT2D eigenvalue weighted by atomic mass is 19.4. The van der Waals surface area contributed by atoms with Crippen LogP contribution in [0.25, 0.3) is 16.8 Å². The second-order valence-electron chi connectivity index (χ2n) is 7.88. The molecular formula is C21H19F6N5O2. The van der Waals surface area contributed by atoms with Crippen molar-refractivity contribution >= 4 is 23.1 Å². The quantitative estimate of drug-likeness (QED) is 0.526. The highest BCUT2D eigenvalue weighted by Gasteiger charge is 2.59. The third-order valence-corrected chi connectivity index (χ3v) is 5.46. The summed E-state index contributed by atoms with van der Waals surface area (Å²) in [6.45, 7) is 0.959. The zero-order chi connectivity index (χ0) is 24.8. The largest absolute Gasteiger partial charge is 0.423 e. The molecule has 7 nitrogen and oxygen atoms in total. The topological polar surface area (TPSA) is 84.9 Å². The Bertz CT molecular complexity index is 1200. The van der Waals surface area contributed by atoms with Crippen molar-refractivity contribution in [2.24, 2.45) is 0 Å². The van der Waals surface area contributed by atoms with Crippen molar-refractivity contribution in [1.29, 1.82) is 0 Å². The second-order valence-corrected chi connectivity index (χ2v) is 7.88. The molecule has 0 unspecified atom stereocenters. The molecule has 0 aliphatic carbocycles. The summed E-state index contributed by atoms with van der Waals surface area (Å²) >= 11 is 0. The van der Waals surface area contributed by atoms with Gasteiger partial charge in [-0.25, -0.2) is 9.78 Å². The van der Waals surface area contributed by atoms with Crippen LogP contribution in [0.2, 0.25) is 0 Å². The number of nitrogens with one attached hydrogen (secondary N) is 1. The number of fused-ring (bicyclic) bond motifs is 1. The fourth-order valence-electron chi connectivity index (χ4n) is 3.71. The number of amides is 2. The number of benzene rings is 1. The number of carbonyl (C=O) groups is 1. The van der Waals surface area contributed by atoms with Gasteiger partial charge in [0.2, 0.25) is 6.10 Å². The number of hydrogen-bond donors (Lipinski definition) is 2. The molecule has 4 rings (SSSR count). The first-order valence-corrected chi connectivity index (χ1v) is 10.0. The average Bonchev–Trinajstić information content (AvgIpc) is 3.15. The normalized spacial score (nSPS) is 15.1. The van der Waals surface area contributed by atoms with E-state index in [1.165, 1.54) is 0 Å². The van der Waals surface area contributed by atoms with Gasteiger partial charge >= 0.3 is 18.4 Å². The predicted octanol–water partition coefficient (Wildman–Crippen LogP) is 4.62. The van der Waals surface area contributed by atoms with Gasteiger partial charge in [0.25, 0.3) is 0 Å². The SMILES string of the molecule is Cc1c(NC(=O)N2CC(OC(C(F)(F)F)C(F)(F)F)C2)cccc1-c1cc(N)c2nccn2c1. The zero-order valence-electron chi connectivity index (χ0n) is 17.6. The van der Waals surface area contributed by atoms with Gasteiger partial charge in [-0.15, -0.1) is 0 Å². The number of halogens is 6. The summed E-state index contributed by atoms with van der Waals surface area (Å²) in [6, 6.07) is 6.23. The van der Waals surface area contributed by atoms with Crippen LogP contribution in [0.5, 0.6) is 0 Å². The highest BCUT2D eigenvalue weighted by molar-refractivity contribution is 5.92. The maximum absolute atomic E-state index is 12.6. The van der Waals surface area contributed by atoms with E-state index in [2.05, 4.69) is 15.0 Å². The van der Waals surface area contributed by atoms with Gasteiger partial charge in [-0.3, -0.25) is 0 Å². The lowest BCUT2D eigenvalue weighted by molar-refractivity contribution is -0.336. The van der Waals surface area contributed by atoms with Crippen LogP contribution >= 0.6 is 0 Å². The number of likely N-dealkylation sites (tertiary alicyclic amines) is 1. The van der Waals surface area contributed by atoms with Gasteiger partial charge in [0, 0.05) is 29.8 Å². The summed E-state index contributed by atoms with van der Waals surface area (Å²) < 4.78 is 81.8. The van der Waals surface area contributed by atoms with Crippen molar-refractivity contribution in [2.75, 3.05) is 24.1 Å². The highest BCUT2D eigenvalue weighted by Crippen LogP contribution is 2.37. The standard InChI is InChI=1S/C21H19F6N5O2/c1-11-14(12-7-15(28)17-29-5-6-31(17)8-12)3-2-4-16(11)30-19(33)32-9-13(10-32)34-18(20(22,23)24)21(25,26)27/h2-8,13,18H,9-10,28H2,1H3,(H,30,33). The number of urea groups is 1. The number of aromatic nitrogens is 2. The summed E-state index contributed by atoms with van der Waals surface area (Å²) in [5.74, 6) is 0. The van der Waals surface area contributed by atoms with Crippen LogP contribution in [0.1, 0.15) is 5.56 Å². The summed E-state index contributed by atoms with van der Waals surface area (Å²) in [6.07, 6.45) is -11.3. The number of hydrogen-bond acceptors (Lipinski definition) is 4. The molecule has 1 aliphatic heterocycles. The first kappa shape index (κ1) is 23.7. The lowest BCUT2D eigenvalue weighted by Crippen LogP contribution is -2.59. The predicted molar refractivity (Wildman–Crippen MR) is 111 cm³/mol. The monoisotopic (exact) mass is 487 g/mol. The molecule has 182 valence electrons. The molecule has 13 heteroatoms.